The van der Waals surface area contributed by atoms with Gasteiger partial charge in [0.2, 0.25) is 0 Å². The molecule has 7 nitrogen and oxygen atoms in total. The standard InChI is InChI=1S/C19H28O4.C14H20O3/c1-15(2)12-17(23-19-10-6-7-11-21-19)13-18(20)22-14-16-8-4-3-5-9-16;1-11(2)8-13(15)9-14(16)17-10-12-6-4-3-5-7-12/h3-5,8-9,15,17,19H,6-7,10-14H2,1-2H3;3-7,11,13,15H,8-10H2,1-2H3. The third kappa shape index (κ3) is 15.8. The Bertz CT molecular complexity index is 940. The lowest BCUT2D eigenvalue weighted by Crippen LogP contribution is -2.30. The number of rotatable bonds is 14. The number of ether oxygens (including phenoxy) is 4. The van der Waals surface area contributed by atoms with Crippen molar-refractivity contribution in [2.24, 2.45) is 11.8 Å². The van der Waals surface area contributed by atoms with E-state index in [2.05, 4.69) is 13.8 Å². The Morgan fingerprint density at radius 1 is 0.800 bits per heavy atom. The molecule has 7 heteroatoms. The number of carbonyl (C=O) groups is 2. The third-order valence-electron chi connectivity index (χ3n) is 6.24. The van der Waals surface area contributed by atoms with E-state index in [4.69, 9.17) is 18.9 Å². The topological polar surface area (TPSA) is 91.3 Å². The van der Waals surface area contributed by atoms with Crippen LogP contribution in [-0.2, 0) is 41.8 Å². The molecule has 0 bridgehead atoms. The zero-order valence-electron chi connectivity index (χ0n) is 24.6. The number of carbonyl (C=O) groups excluding carboxylic acids is 2. The van der Waals surface area contributed by atoms with Crippen molar-refractivity contribution < 1.29 is 33.6 Å². The van der Waals surface area contributed by atoms with Gasteiger partial charge in [-0.15, -0.1) is 0 Å². The molecule has 222 valence electrons. The summed E-state index contributed by atoms with van der Waals surface area (Å²) in [5.41, 5.74) is 1.96. The van der Waals surface area contributed by atoms with E-state index < -0.39 is 6.10 Å². The summed E-state index contributed by atoms with van der Waals surface area (Å²) < 4.78 is 22.1. The SMILES string of the molecule is CC(C)CC(CC(=O)OCc1ccccc1)OC1CCCCO1.CC(C)CC(O)CC(=O)OCc1ccccc1. The summed E-state index contributed by atoms with van der Waals surface area (Å²) in [7, 11) is 0. The van der Waals surface area contributed by atoms with Crippen LogP contribution in [0.5, 0.6) is 0 Å². The van der Waals surface area contributed by atoms with E-state index in [0.717, 1.165) is 43.4 Å². The Morgan fingerprint density at radius 3 is 1.80 bits per heavy atom. The Hall–Kier alpha value is -2.74. The van der Waals surface area contributed by atoms with Gasteiger partial charge in [-0.25, -0.2) is 0 Å². The minimum atomic E-state index is -0.599. The van der Waals surface area contributed by atoms with E-state index in [1.807, 2.05) is 74.5 Å². The molecule has 0 saturated carbocycles. The molecule has 1 aliphatic heterocycles. The van der Waals surface area contributed by atoms with Crippen molar-refractivity contribution in [2.75, 3.05) is 6.61 Å². The predicted octanol–water partition coefficient (Wildman–Crippen LogP) is 6.60. The third-order valence-corrected chi connectivity index (χ3v) is 6.24. The maximum Gasteiger partial charge on any atom is 0.308 e. The molecule has 0 amide bonds. The summed E-state index contributed by atoms with van der Waals surface area (Å²) in [6.07, 6.45) is 4.03. The zero-order valence-corrected chi connectivity index (χ0v) is 24.6. The highest BCUT2D eigenvalue weighted by molar-refractivity contribution is 5.70. The lowest BCUT2D eigenvalue weighted by Gasteiger charge is -2.28. The number of esters is 2. The van der Waals surface area contributed by atoms with E-state index >= 15 is 0 Å². The second-order valence-corrected chi connectivity index (χ2v) is 11.2. The molecule has 1 N–H and O–H groups in total. The molecule has 2 aromatic rings. The van der Waals surface area contributed by atoms with Gasteiger partial charge in [0.25, 0.3) is 0 Å². The fraction of sp³-hybridized carbons (Fsp3) is 0.576. The first kappa shape index (κ1) is 33.5. The van der Waals surface area contributed by atoms with Crippen LogP contribution in [0.15, 0.2) is 60.7 Å². The first-order valence-corrected chi connectivity index (χ1v) is 14.6. The summed E-state index contributed by atoms with van der Waals surface area (Å²) >= 11 is 0. The van der Waals surface area contributed by atoms with E-state index in [1.54, 1.807) is 0 Å². The summed E-state index contributed by atoms with van der Waals surface area (Å²) in [6, 6.07) is 19.2. The molecule has 1 fully saturated rings. The molecule has 0 aromatic heterocycles. The van der Waals surface area contributed by atoms with Crippen molar-refractivity contribution in [3.8, 4) is 0 Å². The van der Waals surface area contributed by atoms with E-state index in [1.165, 1.54) is 0 Å². The van der Waals surface area contributed by atoms with E-state index in [-0.39, 0.29) is 43.8 Å². The van der Waals surface area contributed by atoms with Crippen LogP contribution in [-0.4, -0.2) is 42.1 Å². The van der Waals surface area contributed by atoms with Gasteiger partial charge in [0, 0.05) is 6.61 Å². The summed E-state index contributed by atoms with van der Waals surface area (Å²) in [5.74, 6) is 0.287. The summed E-state index contributed by atoms with van der Waals surface area (Å²) in [5, 5.41) is 9.59. The van der Waals surface area contributed by atoms with Gasteiger partial charge < -0.3 is 24.1 Å². The van der Waals surface area contributed by atoms with Crippen LogP contribution in [0.2, 0.25) is 0 Å². The molecular weight excluding hydrogens is 508 g/mol. The highest BCUT2D eigenvalue weighted by atomic mass is 16.7. The molecule has 0 aliphatic carbocycles. The van der Waals surface area contributed by atoms with E-state index in [9.17, 15) is 14.7 Å². The monoisotopic (exact) mass is 556 g/mol. The van der Waals surface area contributed by atoms with Crippen molar-refractivity contribution in [3.05, 3.63) is 71.8 Å². The van der Waals surface area contributed by atoms with E-state index in [0.29, 0.717) is 24.9 Å². The molecule has 0 spiro atoms. The molecule has 3 atom stereocenters. The van der Waals surface area contributed by atoms with Crippen molar-refractivity contribution >= 4 is 11.9 Å². The minimum Gasteiger partial charge on any atom is -0.461 e. The molecular formula is C33H48O7. The number of benzene rings is 2. The molecule has 1 saturated heterocycles. The second-order valence-electron chi connectivity index (χ2n) is 11.2. The van der Waals surface area contributed by atoms with Crippen LogP contribution in [0.1, 0.15) is 83.8 Å². The molecule has 2 aromatic carbocycles. The maximum atomic E-state index is 12.1. The number of hydrogen-bond acceptors (Lipinski definition) is 7. The average molecular weight is 557 g/mol. The van der Waals surface area contributed by atoms with Crippen molar-refractivity contribution in [2.45, 2.75) is 104 Å². The molecule has 40 heavy (non-hydrogen) atoms. The average Bonchev–Trinajstić information content (AvgIpc) is 2.92. The highest BCUT2D eigenvalue weighted by Crippen LogP contribution is 2.21. The highest BCUT2D eigenvalue weighted by Gasteiger charge is 2.23. The van der Waals surface area contributed by atoms with Crippen LogP contribution in [0, 0.1) is 11.8 Å². The minimum absolute atomic E-state index is 0.0744. The lowest BCUT2D eigenvalue weighted by molar-refractivity contribution is -0.195. The summed E-state index contributed by atoms with van der Waals surface area (Å²) in [4.78, 5) is 23.5. The Morgan fingerprint density at radius 2 is 1.32 bits per heavy atom. The van der Waals surface area contributed by atoms with Gasteiger partial charge >= 0.3 is 11.9 Å². The fourth-order valence-electron chi connectivity index (χ4n) is 4.35. The van der Waals surface area contributed by atoms with Gasteiger partial charge in [0.15, 0.2) is 6.29 Å². The van der Waals surface area contributed by atoms with Crippen LogP contribution in [0.25, 0.3) is 0 Å². The number of hydrogen-bond donors (Lipinski definition) is 1. The van der Waals surface area contributed by atoms with Crippen molar-refractivity contribution in [1.82, 2.24) is 0 Å². The van der Waals surface area contributed by atoms with Gasteiger partial charge in [-0.05, 0) is 55.1 Å². The van der Waals surface area contributed by atoms with Crippen molar-refractivity contribution in [1.29, 1.82) is 0 Å². The first-order chi connectivity index (χ1) is 19.2. The molecule has 0 radical (unpaired) electrons. The largest absolute Gasteiger partial charge is 0.461 e. The smallest absolute Gasteiger partial charge is 0.308 e. The fourth-order valence-corrected chi connectivity index (χ4v) is 4.35. The summed E-state index contributed by atoms with van der Waals surface area (Å²) in [6.45, 7) is 9.62. The van der Waals surface area contributed by atoms with Crippen LogP contribution >= 0.6 is 0 Å². The molecule has 1 aliphatic rings. The Kier molecular flexibility index (Phi) is 16.2. The molecule has 1 heterocycles. The van der Waals surface area contributed by atoms with Gasteiger partial charge in [-0.2, -0.15) is 0 Å². The van der Waals surface area contributed by atoms with Crippen molar-refractivity contribution in [3.63, 3.8) is 0 Å². The zero-order chi connectivity index (χ0) is 29.2. The first-order valence-electron chi connectivity index (χ1n) is 14.6. The lowest BCUT2D eigenvalue weighted by atomic mass is 10.0. The number of aliphatic hydroxyl groups is 1. The van der Waals surface area contributed by atoms with Crippen LogP contribution in [0.4, 0.5) is 0 Å². The van der Waals surface area contributed by atoms with Crippen LogP contribution < -0.4 is 0 Å². The second kappa shape index (κ2) is 19.4. The predicted molar refractivity (Wildman–Crippen MR) is 155 cm³/mol. The quantitative estimate of drug-likeness (QED) is 0.262. The van der Waals surface area contributed by atoms with Gasteiger partial charge in [0.05, 0.1) is 25.0 Å². The Balaban J connectivity index is 0.000000294. The van der Waals surface area contributed by atoms with Gasteiger partial charge in [-0.1, -0.05) is 88.4 Å². The Labute approximate surface area is 240 Å². The molecule has 3 unspecified atom stereocenters. The maximum absolute atomic E-state index is 12.1. The van der Waals surface area contributed by atoms with Gasteiger partial charge in [-0.3, -0.25) is 9.59 Å². The van der Waals surface area contributed by atoms with Gasteiger partial charge in [0.1, 0.15) is 13.2 Å². The number of aliphatic hydroxyl groups excluding tert-OH is 1. The van der Waals surface area contributed by atoms with Crippen LogP contribution in [0.3, 0.4) is 0 Å². The molecule has 3 rings (SSSR count). The normalized spacial score (nSPS) is 16.5.